The van der Waals surface area contributed by atoms with Crippen LogP contribution in [0.2, 0.25) is 0 Å². The molecule has 1 spiro atoms. The first-order valence-corrected chi connectivity index (χ1v) is 9.95. The number of aliphatic carboxylic acids is 1. The third kappa shape index (κ3) is 2.45. The molecule has 5 rings (SSSR count). The number of benzene rings is 2. The van der Waals surface area contributed by atoms with Gasteiger partial charge in [0.25, 0.3) is 0 Å². The Balaban J connectivity index is 1.35. The van der Waals surface area contributed by atoms with Crippen LogP contribution in [0.25, 0.3) is 11.1 Å². The summed E-state index contributed by atoms with van der Waals surface area (Å²) in [7, 11) is 0. The molecule has 3 aliphatic rings. The maximum Gasteiger partial charge on any atom is 0.410 e. The summed E-state index contributed by atoms with van der Waals surface area (Å²) < 4.78 is 5.69. The van der Waals surface area contributed by atoms with Crippen molar-refractivity contribution in [2.24, 2.45) is 5.41 Å². The Morgan fingerprint density at radius 3 is 2.14 bits per heavy atom. The lowest BCUT2D eigenvalue weighted by Crippen LogP contribution is -2.51. The molecule has 1 saturated carbocycles. The Hall–Kier alpha value is -2.82. The lowest BCUT2D eigenvalue weighted by Gasteiger charge is -2.42. The van der Waals surface area contributed by atoms with Gasteiger partial charge in [-0.1, -0.05) is 55.0 Å². The Labute approximate surface area is 163 Å². The molecule has 2 fully saturated rings. The second kappa shape index (κ2) is 6.36. The SMILES string of the molecule is O=C(O)C1N(C(=O)OCC2c3ccccc3-c3ccccc32)CCC12CCC2. The van der Waals surface area contributed by atoms with Crippen molar-refractivity contribution in [2.45, 2.75) is 37.6 Å². The number of amides is 1. The molecule has 2 aliphatic carbocycles. The molecule has 0 bridgehead atoms. The van der Waals surface area contributed by atoms with Gasteiger partial charge in [-0.2, -0.15) is 0 Å². The van der Waals surface area contributed by atoms with Crippen molar-refractivity contribution in [2.75, 3.05) is 13.2 Å². The molecule has 1 unspecified atom stereocenters. The number of rotatable bonds is 3. The standard InChI is InChI=1S/C23H23NO4/c25-21(26)20-23(10-5-11-23)12-13-24(20)22(27)28-14-19-17-8-3-1-6-15(17)16-7-2-4-9-18(16)19/h1-4,6-9,19-20H,5,10-14H2,(H,25,26). The summed E-state index contributed by atoms with van der Waals surface area (Å²) in [5.74, 6) is -0.925. The smallest absolute Gasteiger partial charge is 0.410 e. The predicted molar refractivity (Wildman–Crippen MR) is 104 cm³/mol. The molecule has 144 valence electrons. The summed E-state index contributed by atoms with van der Waals surface area (Å²) in [6.07, 6.45) is 3.07. The molecule has 1 atom stereocenters. The van der Waals surface area contributed by atoms with Crippen LogP contribution in [0.5, 0.6) is 0 Å². The second-order valence-corrected chi connectivity index (χ2v) is 8.20. The first kappa shape index (κ1) is 17.3. The van der Waals surface area contributed by atoms with Gasteiger partial charge in [-0.05, 0) is 41.5 Å². The molecule has 1 saturated heterocycles. The Kier molecular flexibility index (Phi) is 3.93. The van der Waals surface area contributed by atoms with E-state index in [-0.39, 0.29) is 17.9 Å². The van der Waals surface area contributed by atoms with Gasteiger partial charge in [-0.3, -0.25) is 4.90 Å². The van der Waals surface area contributed by atoms with Crippen molar-refractivity contribution in [1.82, 2.24) is 4.90 Å². The van der Waals surface area contributed by atoms with Gasteiger partial charge in [0, 0.05) is 17.9 Å². The number of nitrogens with zero attached hydrogens (tertiary/aromatic N) is 1. The number of carbonyl (C=O) groups excluding carboxylic acids is 1. The van der Waals surface area contributed by atoms with Crippen LogP contribution in [0.4, 0.5) is 4.79 Å². The number of hydrogen-bond acceptors (Lipinski definition) is 3. The molecule has 28 heavy (non-hydrogen) atoms. The van der Waals surface area contributed by atoms with E-state index in [0.29, 0.717) is 6.54 Å². The number of carboxylic acid groups (broad SMARTS) is 1. The van der Waals surface area contributed by atoms with Crippen molar-refractivity contribution in [3.8, 4) is 11.1 Å². The highest BCUT2D eigenvalue weighted by atomic mass is 16.6. The van der Waals surface area contributed by atoms with Crippen molar-refractivity contribution in [3.05, 3.63) is 59.7 Å². The zero-order chi connectivity index (χ0) is 19.3. The minimum Gasteiger partial charge on any atom is -0.480 e. The van der Waals surface area contributed by atoms with Crippen LogP contribution in [-0.4, -0.2) is 41.3 Å². The molecule has 1 amide bonds. The van der Waals surface area contributed by atoms with Crippen LogP contribution >= 0.6 is 0 Å². The second-order valence-electron chi connectivity index (χ2n) is 8.20. The van der Waals surface area contributed by atoms with E-state index >= 15 is 0 Å². The Bertz CT molecular complexity index is 904. The van der Waals surface area contributed by atoms with Gasteiger partial charge in [-0.15, -0.1) is 0 Å². The predicted octanol–water partition coefficient (Wildman–Crippen LogP) is 4.26. The molecule has 5 nitrogen and oxygen atoms in total. The van der Waals surface area contributed by atoms with Gasteiger partial charge in [0.1, 0.15) is 12.6 Å². The van der Waals surface area contributed by atoms with Crippen LogP contribution in [0.1, 0.15) is 42.7 Å². The number of likely N-dealkylation sites (tertiary alicyclic amines) is 1. The molecule has 1 N–H and O–H groups in total. The first-order chi connectivity index (χ1) is 13.6. The molecule has 1 aliphatic heterocycles. The van der Waals surface area contributed by atoms with Gasteiger partial charge in [-0.25, -0.2) is 9.59 Å². The first-order valence-electron chi connectivity index (χ1n) is 9.95. The van der Waals surface area contributed by atoms with Crippen molar-refractivity contribution in [3.63, 3.8) is 0 Å². The maximum atomic E-state index is 12.8. The van der Waals surface area contributed by atoms with E-state index in [1.807, 2.05) is 24.3 Å². The summed E-state index contributed by atoms with van der Waals surface area (Å²) in [4.78, 5) is 26.1. The quantitative estimate of drug-likeness (QED) is 0.868. The molecular formula is C23H23NO4. The summed E-state index contributed by atoms with van der Waals surface area (Å²) in [6, 6.07) is 15.6. The average molecular weight is 377 g/mol. The van der Waals surface area contributed by atoms with Gasteiger partial charge in [0.2, 0.25) is 0 Å². The molecule has 2 aromatic rings. The molecule has 0 aromatic heterocycles. The van der Waals surface area contributed by atoms with Crippen LogP contribution in [0.15, 0.2) is 48.5 Å². The van der Waals surface area contributed by atoms with Crippen molar-refractivity contribution >= 4 is 12.1 Å². The number of carboxylic acids is 1. The maximum absolute atomic E-state index is 12.8. The van der Waals surface area contributed by atoms with Gasteiger partial charge < -0.3 is 9.84 Å². The molecule has 2 aromatic carbocycles. The fourth-order valence-electron chi connectivity index (χ4n) is 5.36. The van der Waals surface area contributed by atoms with Gasteiger partial charge in [0.15, 0.2) is 0 Å². The summed E-state index contributed by atoms with van der Waals surface area (Å²) >= 11 is 0. The van der Waals surface area contributed by atoms with Crippen LogP contribution in [0.3, 0.4) is 0 Å². The van der Waals surface area contributed by atoms with E-state index < -0.39 is 18.1 Å². The zero-order valence-electron chi connectivity index (χ0n) is 15.6. The van der Waals surface area contributed by atoms with Gasteiger partial charge >= 0.3 is 12.1 Å². The van der Waals surface area contributed by atoms with E-state index in [0.717, 1.165) is 36.8 Å². The topological polar surface area (TPSA) is 66.8 Å². The number of ether oxygens (including phenoxy) is 1. The van der Waals surface area contributed by atoms with E-state index in [1.165, 1.54) is 16.0 Å². The monoisotopic (exact) mass is 377 g/mol. The van der Waals surface area contributed by atoms with Crippen LogP contribution in [0, 0.1) is 5.41 Å². The third-order valence-electron chi connectivity index (χ3n) is 6.90. The molecule has 5 heteroatoms. The highest BCUT2D eigenvalue weighted by Gasteiger charge is 2.56. The fraction of sp³-hybridized carbons (Fsp3) is 0.391. The molecular weight excluding hydrogens is 354 g/mol. The van der Waals surface area contributed by atoms with Crippen molar-refractivity contribution in [1.29, 1.82) is 0 Å². The van der Waals surface area contributed by atoms with E-state index in [2.05, 4.69) is 24.3 Å². The normalized spacial score (nSPS) is 21.9. The number of carbonyl (C=O) groups is 2. The van der Waals surface area contributed by atoms with Crippen LogP contribution in [-0.2, 0) is 9.53 Å². The molecule has 0 radical (unpaired) electrons. The fourth-order valence-corrected chi connectivity index (χ4v) is 5.36. The van der Waals surface area contributed by atoms with Crippen molar-refractivity contribution < 1.29 is 19.4 Å². The largest absolute Gasteiger partial charge is 0.480 e. The number of fused-ring (bicyclic) bond motifs is 3. The Morgan fingerprint density at radius 2 is 1.61 bits per heavy atom. The lowest BCUT2D eigenvalue weighted by molar-refractivity contribution is -0.147. The van der Waals surface area contributed by atoms with Gasteiger partial charge in [0.05, 0.1) is 0 Å². The third-order valence-corrected chi connectivity index (χ3v) is 6.90. The minimum absolute atomic E-state index is 0.0140. The Morgan fingerprint density at radius 1 is 1.00 bits per heavy atom. The minimum atomic E-state index is -0.911. The van der Waals surface area contributed by atoms with E-state index in [4.69, 9.17) is 4.74 Å². The zero-order valence-corrected chi connectivity index (χ0v) is 15.6. The van der Waals surface area contributed by atoms with E-state index in [9.17, 15) is 14.7 Å². The summed E-state index contributed by atoms with van der Waals surface area (Å²) in [6.45, 7) is 0.691. The lowest BCUT2D eigenvalue weighted by atomic mass is 9.64. The van der Waals surface area contributed by atoms with Crippen LogP contribution < -0.4 is 0 Å². The average Bonchev–Trinajstić information content (AvgIpc) is 3.23. The number of hydrogen-bond donors (Lipinski definition) is 1. The van der Waals surface area contributed by atoms with E-state index in [1.54, 1.807) is 0 Å². The summed E-state index contributed by atoms with van der Waals surface area (Å²) in [5, 5.41) is 9.72. The highest BCUT2D eigenvalue weighted by Crippen LogP contribution is 2.52. The summed E-state index contributed by atoms with van der Waals surface area (Å²) in [5.41, 5.74) is 4.43. The highest BCUT2D eigenvalue weighted by molar-refractivity contribution is 5.82. The molecule has 1 heterocycles.